The maximum atomic E-state index is 12.3. The molecule has 0 aliphatic carbocycles. The molecule has 1 atom stereocenters. The summed E-state index contributed by atoms with van der Waals surface area (Å²) < 4.78 is 9.44. The van der Waals surface area contributed by atoms with E-state index in [1.54, 1.807) is 20.8 Å². The minimum Gasteiger partial charge on any atom is -0.467 e. The summed E-state index contributed by atoms with van der Waals surface area (Å²) in [6.07, 6.45) is 0.0167. The van der Waals surface area contributed by atoms with E-state index in [0.717, 1.165) is 7.11 Å². The van der Waals surface area contributed by atoms with Gasteiger partial charge in [0.1, 0.15) is 11.6 Å². The van der Waals surface area contributed by atoms with Gasteiger partial charge in [-0.3, -0.25) is 14.5 Å². The maximum Gasteiger partial charge on any atom is 0.463 e. The number of likely N-dealkylation sites (tertiary alicyclic amines) is 1. The van der Waals surface area contributed by atoms with Crippen LogP contribution >= 0.6 is 0 Å². The lowest BCUT2D eigenvalue weighted by molar-refractivity contribution is -0.158. The van der Waals surface area contributed by atoms with Crippen molar-refractivity contribution in [3.8, 4) is 0 Å². The summed E-state index contributed by atoms with van der Waals surface area (Å²) in [5.41, 5.74) is 7.00. The Morgan fingerprint density at radius 1 is 1.32 bits per heavy atom. The molecule has 0 spiro atoms. The molecule has 1 fully saturated rings. The summed E-state index contributed by atoms with van der Waals surface area (Å²) in [6.45, 7) is 4.67. The Morgan fingerprint density at radius 3 is 2.36 bits per heavy atom. The molecule has 120 valence electrons. The van der Waals surface area contributed by atoms with Crippen LogP contribution in [0.2, 0.25) is 0 Å². The van der Waals surface area contributed by atoms with Gasteiger partial charge in [0.25, 0.3) is 0 Å². The number of hydrogen-bond donors (Lipinski definition) is 0. The zero-order valence-electron chi connectivity index (χ0n) is 12.8. The van der Waals surface area contributed by atoms with Crippen LogP contribution in [-0.2, 0) is 28.7 Å². The molecule has 0 radical (unpaired) electrons. The monoisotopic (exact) mass is 311 g/mol. The fourth-order valence-electron chi connectivity index (χ4n) is 1.91. The largest absolute Gasteiger partial charge is 0.467 e. The molecule has 1 aliphatic rings. The Hall–Kier alpha value is -2.54. The predicted octanol–water partition coefficient (Wildman–Crippen LogP) is -0.310. The lowest BCUT2D eigenvalue weighted by Gasteiger charge is -2.20. The third kappa shape index (κ3) is 3.76. The highest BCUT2D eigenvalue weighted by Crippen LogP contribution is 2.20. The molecule has 9 nitrogen and oxygen atoms in total. The highest BCUT2D eigenvalue weighted by Gasteiger charge is 2.48. The van der Waals surface area contributed by atoms with Crippen molar-refractivity contribution >= 4 is 29.5 Å². The molecule has 0 saturated carbocycles. The molecule has 0 aromatic rings. The van der Waals surface area contributed by atoms with Crippen molar-refractivity contribution in [3.05, 3.63) is 5.53 Å². The summed E-state index contributed by atoms with van der Waals surface area (Å²) >= 11 is 0. The zero-order valence-corrected chi connectivity index (χ0v) is 12.8. The molecular formula is C13H17N3O6. The van der Waals surface area contributed by atoms with E-state index in [4.69, 9.17) is 10.3 Å². The Bertz CT molecular complexity index is 571. The first-order chi connectivity index (χ1) is 10.1. The fraction of sp³-hybridized carbons (Fsp3) is 0.615. The van der Waals surface area contributed by atoms with Gasteiger partial charge in [0, 0.05) is 6.42 Å². The second kappa shape index (κ2) is 6.48. The molecule has 1 saturated heterocycles. The molecule has 22 heavy (non-hydrogen) atoms. The van der Waals surface area contributed by atoms with Gasteiger partial charge >= 0.3 is 23.6 Å². The van der Waals surface area contributed by atoms with E-state index in [9.17, 15) is 19.2 Å². The molecule has 0 bridgehead atoms. The Labute approximate surface area is 126 Å². The van der Waals surface area contributed by atoms with Crippen molar-refractivity contribution < 1.29 is 33.4 Å². The molecule has 0 aromatic carbocycles. The molecule has 9 heteroatoms. The number of nitrogens with zero attached hydrogens (tertiary/aromatic N) is 3. The summed E-state index contributed by atoms with van der Waals surface area (Å²) in [7, 11) is 1.11. The highest BCUT2D eigenvalue weighted by atomic mass is 16.6. The first kappa shape index (κ1) is 17.5. The van der Waals surface area contributed by atoms with E-state index in [0.29, 0.717) is 4.90 Å². The molecule has 1 rings (SSSR count). The van der Waals surface area contributed by atoms with Crippen LogP contribution < -0.4 is 0 Å². The van der Waals surface area contributed by atoms with E-state index < -0.39 is 41.1 Å². The number of rotatable bonds is 3. The van der Waals surface area contributed by atoms with Crippen LogP contribution in [0.4, 0.5) is 0 Å². The highest BCUT2D eigenvalue weighted by molar-refractivity contribution is 6.62. The number of esters is 2. The molecule has 0 N–H and O–H groups in total. The Morgan fingerprint density at radius 2 is 1.91 bits per heavy atom. The first-order valence-corrected chi connectivity index (χ1v) is 6.52. The summed E-state index contributed by atoms with van der Waals surface area (Å²) in [6, 6.07) is -1.15. The van der Waals surface area contributed by atoms with E-state index in [1.165, 1.54) is 0 Å². The van der Waals surface area contributed by atoms with Crippen molar-refractivity contribution in [1.82, 2.24) is 4.90 Å². The van der Waals surface area contributed by atoms with Crippen LogP contribution in [0, 0.1) is 0 Å². The topological polar surface area (TPSA) is 126 Å². The standard InChI is InChI=1S/C13H17N3O6/c1-13(2,3)22-12(20)9(15-14)10(18)16-7(11(19)21-4)5-6-8(16)17/h7H,5-6H2,1-4H3/t7-/m0/s1. The van der Waals surface area contributed by atoms with Gasteiger partial charge in [-0.15, -0.1) is 0 Å². The maximum absolute atomic E-state index is 12.3. The van der Waals surface area contributed by atoms with Crippen molar-refractivity contribution in [2.24, 2.45) is 0 Å². The fourth-order valence-corrected chi connectivity index (χ4v) is 1.91. The molecule has 2 amide bonds. The lowest BCUT2D eigenvalue weighted by atomic mass is 10.2. The summed E-state index contributed by atoms with van der Waals surface area (Å²) in [4.78, 5) is 50.7. The number of hydrogen-bond acceptors (Lipinski definition) is 6. The van der Waals surface area contributed by atoms with Gasteiger partial charge < -0.3 is 15.0 Å². The number of imide groups is 1. The first-order valence-electron chi connectivity index (χ1n) is 6.52. The van der Waals surface area contributed by atoms with Crippen molar-refractivity contribution in [3.63, 3.8) is 0 Å². The van der Waals surface area contributed by atoms with E-state index in [-0.39, 0.29) is 12.8 Å². The summed E-state index contributed by atoms with van der Waals surface area (Å²) in [5.74, 6) is -3.84. The zero-order chi connectivity index (χ0) is 17.1. The minimum atomic E-state index is -1.20. The smallest absolute Gasteiger partial charge is 0.463 e. The van der Waals surface area contributed by atoms with Crippen LogP contribution in [0.3, 0.4) is 0 Å². The van der Waals surface area contributed by atoms with Gasteiger partial charge in [0.05, 0.1) is 7.11 Å². The molecule has 1 heterocycles. The SMILES string of the molecule is COC(=O)[C@@H]1CCC(=O)N1C(=O)C(=[N+]=[N-])C(=O)OC(C)(C)C. The van der Waals surface area contributed by atoms with Crippen molar-refractivity contribution in [2.75, 3.05) is 7.11 Å². The normalized spacial score (nSPS) is 17.7. The molecule has 1 aliphatic heterocycles. The van der Waals surface area contributed by atoms with Crippen molar-refractivity contribution in [2.45, 2.75) is 45.3 Å². The van der Waals surface area contributed by atoms with Gasteiger partial charge in [-0.1, -0.05) is 0 Å². The summed E-state index contributed by atoms with van der Waals surface area (Å²) in [5, 5.41) is 0. The van der Waals surface area contributed by atoms with E-state index >= 15 is 0 Å². The van der Waals surface area contributed by atoms with Crippen molar-refractivity contribution in [1.29, 1.82) is 0 Å². The predicted molar refractivity (Wildman–Crippen MR) is 71.4 cm³/mol. The number of amides is 2. The quantitative estimate of drug-likeness (QED) is 0.231. The number of ether oxygens (including phenoxy) is 2. The second-order valence-electron chi connectivity index (χ2n) is 5.60. The third-order valence-corrected chi connectivity index (χ3v) is 2.80. The van der Waals surface area contributed by atoms with Gasteiger partial charge in [0.2, 0.25) is 5.91 Å². The molecule has 0 unspecified atom stereocenters. The molecular weight excluding hydrogens is 294 g/mol. The van der Waals surface area contributed by atoms with Crippen LogP contribution in [0.5, 0.6) is 0 Å². The van der Waals surface area contributed by atoms with Gasteiger partial charge in [-0.25, -0.2) is 9.59 Å². The van der Waals surface area contributed by atoms with E-state index in [2.05, 4.69) is 9.53 Å². The van der Waals surface area contributed by atoms with Crippen LogP contribution in [0.15, 0.2) is 0 Å². The molecule has 0 aromatic heterocycles. The second-order valence-corrected chi connectivity index (χ2v) is 5.60. The van der Waals surface area contributed by atoms with Gasteiger partial charge in [0.15, 0.2) is 0 Å². The van der Waals surface area contributed by atoms with Gasteiger partial charge in [-0.05, 0) is 27.2 Å². The average molecular weight is 311 g/mol. The minimum absolute atomic E-state index is 0.0570. The Balaban J connectivity index is 3.05. The number of carbonyl (C=O) groups is 4. The third-order valence-electron chi connectivity index (χ3n) is 2.80. The Kier molecular flexibility index (Phi) is 5.16. The average Bonchev–Trinajstić information content (AvgIpc) is 2.78. The van der Waals surface area contributed by atoms with E-state index in [1.807, 2.05) is 0 Å². The lowest BCUT2D eigenvalue weighted by Crippen LogP contribution is -2.49. The van der Waals surface area contributed by atoms with Crippen LogP contribution in [0.1, 0.15) is 33.6 Å². The van der Waals surface area contributed by atoms with Gasteiger partial charge in [-0.2, -0.15) is 4.79 Å². The number of methoxy groups -OCH3 is 1. The van der Waals surface area contributed by atoms with Crippen LogP contribution in [-0.4, -0.2) is 57.9 Å². The van der Waals surface area contributed by atoms with Crippen LogP contribution in [0.25, 0.3) is 5.53 Å². The number of carbonyl (C=O) groups excluding carboxylic acids is 4.